The average molecular weight is 218 g/mol. The molecule has 1 aliphatic rings. The minimum Gasteiger partial charge on any atom is -0.336 e. The Bertz CT molecular complexity index is 389. The lowest BCUT2D eigenvalue weighted by Gasteiger charge is -2.11. The molecule has 4 heteroatoms. The predicted molar refractivity (Wildman–Crippen MR) is 59.9 cm³/mol. The highest BCUT2D eigenvalue weighted by molar-refractivity contribution is 5.95. The van der Waals surface area contributed by atoms with E-state index in [1.54, 1.807) is 0 Å². The Labute approximate surface area is 94.2 Å². The number of rotatable bonds is 3. The van der Waals surface area contributed by atoms with E-state index in [1.165, 1.54) is 4.90 Å². The second-order valence-corrected chi connectivity index (χ2v) is 3.76. The average Bonchev–Trinajstić information content (AvgIpc) is 2.74. The van der Waals surface area contributed by atoms with Crippen LogP contribution in [0.15, 0.2) is 30.3 Å². The minimum atomic E-state index is -0.266. The van der Waals surface area contributed by atoms with Crippen molar-refractivity contribution in [3.63, 3.8) is 0 Å². The first-order valence-electron chi connectivity index (χ1n) is 5.39. The zero-order valence-corrected chi connectivity index (χ0v) is 8.98. The number of carbonyl (C=O) groups is 2. The topological polar surface area (TPSA) is 49.4 Å². The van der Waals surface area contributed by atoms with E-state index in [4.69, 9.17) is 0 Å². The molecule has 0 unspecified atom stereocenters. The predicted octanol–water partition coefficient (Wildman–Crippen LogP) is 1.17. The highest BCUT2D eigenvalue weighted by Crippen LogP contribution is 2.06. The molecule has 3 amide bonds. The lowest BCUT2D eigenvalue weighted by Crippen LogP contribution is -2.34. The van der Waals surface area contributed by atoms with Crippen molar-refractivity contribution in [2.24, 2.45) is 0 Å². The Morgan fingerprint density at radius 1 is 1.31 bits per heavy atom. The Kier molecular flexibility index (Phi) is 3.19. The number of benzene rings is 1. The number of nitrogens with zero attached hydrogens (tertiary/aromatic N) is 1. The maximum atomic E-state index is 11.7. The van der Waals surface area contributed by atoms with Crippen molar-refractivity contribution in [2.75, 3.05) is 13.1 Å². The first-order chi connectivity index (χ1) is 7.77. The lowest BCUT2D eigenvalue weighted by molar-refractivity contribution is -0.127. The number of urea groups is 1. The van der Waals surface area contributed by atoms with Gasteiger partial charge in [0.25, 0.3) is 0 Å². The molecule has 0 saturated carbocycles. The quantitative estimate of drug-likeness (QED) is 0.828. The van der Waals surface area contributed by atoms with Crippen LogP contribution < -0.4 is 5.32 Å². The van der Waals surface area contributed by atoms with Crippen LogP contribution >= 0.6 is 0 Å². The van der Waals surface area contributed by atoms with Crippen LogP contribution in [0.5, 0.6) is 0 Å². The summed E-state index contributed by atoms with van der Waals surface area (Å²) in [6.45, 7) is 1.06. The third-order valence-corrected chi connectivity index (χ3v) is 2.63. The normalized spacial score (nSPS) is 15.0. The third-order valence-electron chi connectivity index (χ3n) is 2.63. The van der Waals surface area contributed by atoms with Crippen LogP contribution in [-0.2, 0) is 11.2 Å². The van der Waals surface area contributed by atoms with E-state index in [-0.39, 0.29) is 11.9 Å². The van der Waals surface area contributed by atoms with Gasteiger partial charge >= 0.3 is 6.03 Å². The summed E-state index contributed by atoms with van der Waals surface area (Å²) in [5, 5.41) is 2.61. The summed E-state index contributed by atoms with van der Waals surface area (Å²) >= 11 is 0. The van der Waals surface area contributed by atoms with Crippen LogP contribution in [0.4, 0.5) is 4.79 Å². The number of nitrogens with one attached hydrogen (secondary N) is 1. The highest BCUT2D eigenvalue weighted by atomic mass is 16.2. The maximum absolute atomic E-state index is 11.7. The third kappa shape index (κ3) is 2.39. The Morgan fingerprint density at radius 2 is 2.06 bits per heavy atom. The summed E-state index contributed by atoms with van der Waals surface area (Å²) in [4.78, 5) is 24.2. The van der Waals surface area contributed by atoms with E-state index >= 15 is 0 Å². The van der Waals surface area contributed by atoms with E-state index in [2.05, 4.69) is 5.32 Å². The number of hydrogen-bond acceptors (Lipinski definition) is 2. The molecule has 4 nitrogen and oxygen atoms in total. The summed E-state index contributed by atoms with van der Waals surface area (Å²) < 4.78 is 0. The molecule has 0 bridgehead atoms. The SMILES string of the molecule is O=C(CCc1ccccc1)N1CCNC1=O. The lowest BCUT2D eigenvalue weighted by atomic mass is 10.1. The van der Waals surface area contributed by atoms with Crippen LogP contribution in [0, 0.1) is 0 Å². The molecular formula is C12H14N2O2. The Hall–Kier alpha value is -1.84. The van der Waals surface area contributed by atoms with E-state index in [0.29, 0.717) is 25.9 Å². The van der Waals surface area contributed by atoms with Crippen molar-refractivity contribution in [2.45, 2.75) is 12.8 Å². The van der Waals surface area contributed by atoms with Gasteiger partial charge in [-0.1, -0.05) is 30.3 Å². The van der Waals surface area contributed by atoms with Crippen LogP contribution in [0.2, 0.25) is 0 Å². The molecule has 1 aromatic carbocycles. The van der Waals surface area contributed by atoms with Crippen LogP contribution in [-0.4, -0.2) is 29.9 Å². The standard InChI is InChI=1S/C12H14N2O2/c15-11(14-9-8-13-12(14)16)7-6-10-4-2-1-3-5-10/h1-5H,6-9H2,(H,13,16). The van der Waals surface area contributed by atoms with Crippen LogP contribution in [0.3, 0.4) is 0 Å². The molecule has 2 rings (SSSR count). The molecular weight excluding hydrogens is 204 g/mol. The van der Waals surface area contributed by atoms with Gasteiger partial charge in [0, 0.05) is 19.5 Å². The molecule has 84 valence electrons. The van der Waals surface area contributed by atoms with Gasteiger partial charge in [0.05, 0.1) is 0 Å². The Morgan fingerprint density at radius 3 is 2.69 bits per heavy atom. The van der Waals surface area contributed by atoms with Crippen molar-refractivity contribution < 1.29 is 9.59 Å². The molecule has 1 aliphatic heterocycles. The molecule has 0 spiro atoms. The molecule has 16 heavy (non-hydrogen) atoms. The number of imide groups is 1. The second-order valence-electron chi connectivity index (χ2n) is 3.76. The second kappa shape index (κ2) is 4.79. The van der Waals surface area contributed by atoms with Gasteiger partial charge in [0.1, 0.15) is 0 Å². The smallest absolute Gasteiger partial charge is 0.324 e. The monoisotopic (exact) mass is 218 g/mol. The highest BCUT2D eigenvalue weighted by Gasteiger charge is 2.25. The zero-order valence-electron chi connectivity index (χ0n) is 8.98. The molecule has 0 aliphatic carbocycles. The molecule has 1 N–H and O–H groups in total. The van der Waals surface area contributed by atoms with E-state index < -0.39 is 0 Å². The van der Waals surface area contributed by atoms with Gasteiger partial charge in [0.2, 0.25) is 5.91 Å². The van der Waals surface area contributed by atoms with Crippen molar-refractivity contribution in [3.05, 3.63) is 35.9 Å². The summed E-state index contributed by atoms with van der Waals surface area (Å²) in [5.41, 5.74) is 1.12. The van der Waals surface area contributed by atoms with Crippen molar-refractivity contribution in [1.29, 1.82) is 0 Å². The van der Waals surface area contributed by atoms with E-state index in [9.17, 15) is 9.59 Å². The molecule has 0 aromatic heterocycles. The van der Waals surface area contributed by atoms with Crippen LogP contribution in [0.25, 0.3) is 0 Å². The summed E-state index contributed by atoms with van der Waals surface area (Å²) in [6.07, 6.45) is 1.07. The number of aryl methyl sites for hydroxylation is 1. The van der Waals surface area contributed by atoms with Crippen molar-refractivity contribution >= 4 is 11.9 Å². The molecule has 0 atom stereocenters. The summed E-state index contributed by atoms with van der Waals surface area (Å²) in [5.74, 6) is -0.0983. The largest absolute Gasteiger partial charge is 0.336 e. The fourth-order valence-corrected chi connectivity index (χ4v) is 1.74. The van der Waals surface area contributed by atoms with Gasteiger partial charge < -0.3 is 5.32 Å². The molecule has 1 saturated heterocycles. The molecule has 1 aromatic rings. The van der Waals surface area contributed by atoms with Gasteiger partial charge in [-0.05, 0) is 12.0 Å². The Balaban J connectivity index is 1.86. The van der Waals surface area contributed by atoms with Gasteiger partial charge in [-0.15, -0.1) is 0 Å². The number of amides is 3. The minimum absolute atomic E-state index is 0.0983. The fraction of sp³-hybridized carbons (Fsp3) is 0.333. The van der Waals surface area contributed by atoms with Gasteiger partial charge in [-0.3, -0.25) is 9.69 Å². The first-order valence-corrected chi connectivity index (χ1v) is 5.39. The number of carbonyl (C=O) groups excluding carboxylic acids is 2. The summed E-state index contributed by atoms with van der Waals surface area (Å²) in [6, 6.07) is 9.54. The fourth-order valence-electron chi connectivity index (χ4n) is 1.74. The van der Waals surface area contributed by atoms with Crippen LogP contribution in [0.1, 0.15) is 12.0 Å². The van der Waals surface area contributed by atoms with Gasteiger partial charge in [-0.25, -0.2) is 4.79 Å². The number of hydrogen-bond donors (Lipinski definition) is 1. The van der Waals surface area contributed by atoms with Gasteiger partial charge in [-0.2, -0.15) is 0 Å². The van der Waals surface area contributed by atoms with Crippen molar-refractivity contribution in [1.82, 2.24) is 10.2 Å². The molecule has 1 heterocycles. The molecule has 0 radical (unpaired) electrons. The molecule has 1 fully saturated rings. The first kappa shape index (κ1) is 10.7. The summed E-state index contributed by atoms with van der Waals surface area (Å²) in [7, 11) is 0. The maximum Gasteiger partial charge on any atom is 0.324 e. The zero-order chi connectivity index (χ0) is 11.4. The van der Waals surface area contributed by atoms with E-state index in [0.717, 1.165) is 5.56 Å². The van der Waals surface area contributed by atoms with E-state index in [1.807, 2.05) is 30.3 Å². The van der Waals surface area contributed by atoms with Gasteiger partial charge in [0.15, 0.2) is 0 Å². The van der Waals surface area contributed by atoms with Crippen molar-refractivity contribution in [3.8, 4) is 0 Å².